The van der Waals surface area contributed by atoms with Gasteiger partial charge in [0.05, 0.1) is 19.3 Å². The van der Waals surface area contributed by atoms with Crippen LogP contribution < -0.4 is 5.73 Å². The second kappa shape index (κ2) is 4.23. The first-order valence-electron chi connectivity index (χ1n) is 5.41. The Labute approximate surface area is 89.4 Å². The lowest BCUT2D eigenvalue weighted by molar-refractivity contribution is -0.142. The van der Waals surface area contributed by atoms with Gasteiger partial charge in [0.1, 0.15) is 6.10 Å². The maximum atomic E-state index is 11.1. The predicted molar refractivity (Wildman–Crippen MR) is 55.0 cm³/mol. The third kappa shape index (κ3) is 2.15. The molecule has 1 aliphatic heterocycles. The topological polar surface area (TPSA) is 61.5 Å². The van der Waals surface area contributed by atoms with Crippen LogP contribution in [0.25, 0.3) is 0 Å². The zero-order chi connectivity index (χ0) is 10.8. The van der Waals surface area contributed by atoms with E-state index in [4.69, 9.17) is 10.5 Å². The number of hydrogen-bond donors (Lipinski definition) is 1. The maximum Gasteiger partial charge on any atom is 0.309 e. The van der Waals surface area contributed by atoms with E-state index in [1.54, 1.807) is 0 Å². The number of hydrogen-bond acceptors (Lipinski definition) is 4. The molecule has 1 heterocycles. The van der Waals surface area contributed by atoms with Crippen LogP contribution in [0.15, 0.2) is 11.3 Å². The van der Waals surface area contributed by atoms with Crippen molar-refractivity contribution in [2.75, 3.05) is 7.11 Å². The summed E-state index contributed by atoms with van der Waals surface area (Å²) in [4.78, 5) is 11.1. The fourth-order valence-electron chi connectivity index (χ4n) is 2.30. The van der Waals surface area contributed by atoms with E-state index in [2.05, 4.69) is 4.74 Å². The first-order chi connectivity index (χ1) is 7.20. The van der Waals surface area contributed by atoms with Crippen LogP contribution in [0.5, 0.6) is 0 Å². The van der Waals surface area contributed by atoms with Crippen molar-refractivity contribution in [1.29, 1.82) is 0 Å². The van der Waals surface area contributed by atoms with Gasteiger partial charge in [-0.1, -0.05) is 0 Å². The van der Waals surface area contributed by atoms with Gasteiger partial charge in [0.15, 0.2) is 0 Å². The highest BCUT2D eigenvalue weighted by Crippen LogP contribution is 2.36. The molecule has 0 unspecified atom stereocenters. The quantitative estimate of drug-likeness (QED) is 0.695. The van der Waals surface area contributed by atoms with Crippen molar-refractivity contribution < 1.29 is 14.3 Å². The molecule has 0 aromatic rings. The van der Waals surface area contributed by atoms with Gasteiger partial charge in [-0.05, 0) is 18.4 Å². The van der Waals surface area contributed by atoms with Crippen LogP contribution in [-0.2, 0) is 14.3 Å². The summed E-state index contributed by atoms with van der Waals surface area (Å²) in [5.41, 5.74) is 7.21. The van der Waals surface area contributed by atoms with Crippen LogP contribution in [0, 0.1) is 0 Å². The molecule has 2 rings (SSSR count). The zero-order valence-electron chi connectivity index (χ0n) is 8.99. The van der Waals surface area contributed by atoms with Crippen LogP contribution in [0.4, 0.5) is 0 Å². The molecule has 0 spiro atoms. The second-order valence-electron chi connectivity index (χ2n) is 4.17. The molecule has 0 bridgehead atoms. The number of nitrogens with two attached hydrogens (primary N) is 1. The van der Waals surface area contributed by atoms with E-state index in [-0.39, 0.29) is 18.1 Å². The summed E-state index contributed by atoms with van der Waals surface area (Å²) in [5.74, 6) is 0.816. The molecule has 4 heteroatoms. The molecule has 0 saturated heterocycles. The van der Waals surface area contributed by atoms with Crippen molar-refractivity contribution in [2.24, 2.45) is 5.73 Å². The molecule has 0 amide bonds. The molecule has 15 heavy (non-hydrogen) atoms. The van der Waals surface area contributed by atoms with Gasteiger partial charge >= 0.3 is 5.97 Å². The Kier molecular flexibility index (Phi) is 2.95. The Morgan fingerprint density at radius 1 is 1.67 bits per heavy atom. The summed E-state index contributed by atoms with van der Waals surface area (Å²) in [5, 5.41) is 0. The van der Waals surface area contributed by atoms with Crippen molar-refractivity contribution in [3.63, 3.8) is 0 Å². The van der Waals surface area contributed by atoms with Gasteiger partial charge in [-0.25, -0.2) is 0 Å². The lowest BCUT2D eigenvalue weighted by Gasteiger charge is -2.18. The summed E-state index contributed by atoms with van der Waals surface area (Å²) < 4.78 is 10.3. The normalized spacial score (nSPS) is 29.7. The molecule has 1 aliphatic carbocycles. The number of ether oxygens (including phenoxy) is 2. The molecule has 2 aliphatic rings. The van der Waals surface area contributed by atoms with Crippen molar-refractivity contribution in [2.45, 2.75) is 44.2 Å². The average molecular weight is 211 g/mol. The van der Waals surface area contributed by atoms with Crippen LogP contribution >= 0.6 is 0 Å². The van der Waals surface area contributed by atoms with Gasteiger partial charge in [-0.15, -0.1) is 0 Å². The van der Waals surface area contributed by atoms with E-state index in [0.29, 0.717) is 6.42 Å². The summed E-state index contributed by atoms with van der Waals surface area (Å²) in [6, 6.07) is 0.136. The van der Waals surface area contributed by atoms with Crippen molar-refractivity contribution in [1.82, 2.24) is 0 Å². The first kappa shape index (κ1) is 10.5. The van der Waals surface area contributed by atoms with Gasteiger partial charge in [0.25, 0.3) is 0 Å². The molecule has 2 N–H and O–H groups in total. The summed E-state index contributed by atoms with van der Waals surface area (Å²) >= 11 is 0. The molecule has 2 atom stereocenters. The maximum absolute atomic E-state index is 11.1. The highest BCUT2D eigenvalue weighted by molar-refractivity contribution is 5.70. The number of carbonyl (C=O) groups excluding carboxylic acids is 1. The number of methoxy groups -OCH3 is 1. The van der Waals surface area contributed by atoms with Crippen molar-refractivity contribution in [3.05, 3.63) is 11.3 Å². The predicted octanol–water partition coefficient (Wildman–Crippen LogP) is 1.10. The molecular formula is C11H17NO3. The van der Waals surface area contributed by atoms with Gasteiger partial charge in [0, 0.05) is 18.9 Å². The molecule has 4 nitrogen and oxygen atoms in total. The summed E-state index contributed by atoms with van der Waals surface area (Å²) in [6.45, 7) is 0. The standard InChI is InChI=1S/C11H17NO3/c1-14-11(13)6-7-5-8-9(12)3-2-4-10(8)15-7/h7,9H,2-6,12H2,1H3/t7-,9-/m1/s1. The molecule has 0 saturated carbocycles. The van der Waals surface area contributed by atoms with E-state index in [9.17, 15) is 4.79 Å². The second-order valence-corrected chi connectivity index (χ2v) is 4.17. The number of allylic oxidation sites excluding steroid dienone is 1. The van der Waals surface area contributed by atoms with Crippen LogP contribution in [0.3, 0.4) is 0 Å². The monoisotopic (exact) mass is 211 g/mol. The minimum absolute atomic E-state index is 0.0494. The van der Waals surface area contributed by atoms with Crippen LogP contribution in [-0.4, -0.2) is 25.2 Å². The molecule has 84 valence electrons. The smallest absolute Gasteiger partial charge is 0.309 e. The Balaban J connectivity index is 1.95. The van der Waals surface area contributed by atoms with E-state index < -0.39 is 0 Å². The third-order valence-electron chi connectivity index (χ3n) is 3.10. The minimum Gasteiger partial charge on any atom is -0.494 e. The fraction of sp³-hybridized carbons (Fsp3) is 0.727. The zero-order valence-corrected chi connectivity index (χ0v) is 8.99. The minimum atomic E-state index is -0.214. The van der Waals surface area contributed by atoms with Crippen molar-refractivity contribution >= 4 is 5.97 Å². The highest BCUT2D eigenvalue weighted by Gasteiger charge is 2.32. The third-order valence-corrected chi connectivity index (χ3v) is 3.10. The lowest BCUT2D eigenvalue weighted by Crippen LogP contribution is -2.25. The van der Waals surface area contributed by atoms with Crippen molar-refractivity contribution in [3.8, 4) is 0 Å². The SMILES string of the molecule is COC(=O)C[C@H]1CC2=C(CCC[C@H]2N)O1. The molecule has 0 aromatic heterocycles. The number of rotatable bonds is 2. The molecular weight excluding hydrogens is 194 g/mol. The highest BCUT2D eigenvalue weighted by atomic mass is 16.5. The number of esters is 1. The van der Waals surface area contributed by atoms with Crippen LogP contribution in [0.1, 0.15) is 32.1 Å². The van der Waals surface area contributed by atoms with E-state index in [0.717, 1.165) is 31.4 Å². The lowest BCUT2D eigenvalue weighted by atomic mass is 9.91. The fourth-order valence-corrected chi connectivity index (χ4v) is 2.30. The largest absolute Gasteiger partial charge is 0.494 e. The number of carbonyl (C=O) groups is 1. The first-order valence-corrected chi connectivity index (χ1v) is 5.41. The Bertz CT molecular complexity index is 298. The van der Waals surface area contributed by atoms with Crippen LogP contribution in [0.2, 0.25) is 0 Å². The average Bonchev–Trinajstić information content (AvgIpc) is 2.62. The van der Waals surface area contributed by atoms with Gasteiger partial charge in [0.2, 0.25) is 0 Å². The summed E-state index contributed by atoms with van der Waals surface area (Å²) in [6.07, 6.45) is 4.17. The van der Waals surface area contributed by atoms with E-state index in [1.807, 2.05) is 0 Å². The Morgan fingerprint density at radius 2 is 2.47 bits per heavy atom. The van der Waals surface area contributed by atoms with Gasteiger partial charge in [-0.3, -0.25) is 4.79 Å². The molecule has 0 aromatic carbocycles. The van der Waals surface area contributed by atoms with Gasteiger partial charge in [-0.2, -0.15) is 0 Å². The molecule has 0 fully saturated rings. The van der Waals surface area contributed by atoms with E-state index in [1.165, 1.54) is 12.7 Å². The van der Waals surface area contributed by atoms with Gasteiger partial charge < -0.3 is 15.2 Å². The van der Waals surface area contributed by atoms with E-state index >= 15 is 0 Å². The Morgan fingerprint density at radius 3 is 3.13 bits per heavy atom. The summed E-state index contributed by atoms with van der Waals surface area (Å²) in [7, 11) is 1.40. The Hall–Kier alpha value is -1.03. The molecule has 0 radical (unpaired) electrons.